The highest BCUT2D eigenvalue weighted by atomic mass is 127. The van der Waals surface area contributed by atoms with E-state index in [0.717, 1.165) is 38.1 Å². The molecule has 0 aliphatic carbocycles. The van der Waals surface area contributed by atoms with Crippen LogP contribution in [-0.2, 0) is 6.42 Å². The molecule has 0 aliphatic rings. The maximum absolute atomic E-state index is 6.04. The van der Waals surface area contributed by atoms with Crippen molar-refractivity contribution in [2.45, 2.75) is 13.3 Å². The Morgan fingerprint density at radius 3 is 2.84 bits per heavy atom. The second kappa shape index (κ2) is 4.85. The van der Waals surface area contributed by atoms with Crippen LogP contribution in [0.3, 0.4) is 0 Å². The van der Waals surface area contributed by atoms with Crippen LogP contribution in [0.1, 0.15) is 12.5 Å². The van der Waals surface area contributed by atoms with Crippen molar-refractivity contribution < 1.29 is 0 Å². The van der Waals surface area contributed by atoms with Gasteiger partial charge in [-0.1, -0.05) is 13.0 Å². The number of aromatic amines is 1. The standard InChI is InChI=1S/C15H14IN3/c1-2-9-3-6-13-14(7-9)19-15(18-13)11-8-10(16)4-5-12(11)17/h3-8H,2,17H2,1H3,(H,18,19). The molecule has 0 aliphatic heterocycles. The lowest BCUT2D eigenvalue weighted by atomic mass is 10.1. The fourth-order valence-electron chi connectivity index (χ4n) is 2.14. The molecule has 0 radical (unpaired) electrons. The molecule has 0 spiro atoms. The minimum atomic E-state index is 0.746. The predicted molar refractivity (Wildman–Crippen MR) is 88.0 cm³/mol. The van der Waals surface area contributed by atoms with E-state index in [9.17, 15) is 0 Å². The smallest absolute Gasteiger partial charge is 0.140 e. The first-order valence-corrected chi connectivity index (χ1v) is 7.29. The third-order valence-corrected chi connectivity index (χ3v) is 3.90. The lowest BCUT2D eigenvalue weighted by Gasteiger charge is -2.02. The van der Waals surface area contributed by atoms with E-state index < -0.39 is 0 Å². The molecule has 0 unspecified atom stereocenters. The molecule has 0 saturated heterocycles. The third kappa shape index (κ3) is 2.32. The number of nitrogen functional groups attached to an aromatic ring is 1. The fourth-order valence-corrected chi connectivity index (χ4v) is 2.63. The number of hydrogen-bond acceptors (Lipinski definition) is 2. The van der Waals surface area contributed by atoms with Gasteiger partial charge in [0.25, 0.3) is 0 Å². The Balaban J connectivity index is 2.17. The summed E-state index contributed by atoms with van der Waals surface area (Å²) in [5, 5.41) is 0. The number of hydrogen-bond donors (Lipinski definition) is 2. The van der Waals surface area contributed by atoms with Gasteiger partial charge in [-0.25, -0.2) is 4.98 Å². The molecular formula is C15H14IN3. The van der Waals surface area contributed by atoms with Crippen molar-refractivity contribution in [3.05, 3.63) is 45.5 Å². The van der Waals surface area contributed by atoms with E-state index in [1.165, 1.54) is 5.56 Å². The van der Waals surface area contributed by atoms with Crippen LogP contribution >= 0.6 is 22.6 Å². The number of benzene rings is 2. The lowest BCUT2D eigenvalue weighted by molar-refractivity contribution is 1.14. The third-order valence-electron chi connectivity index (χ3n) is 3.22. The van der Waals surface area contributed by atoms with E-state index in [0.29, 0.717) is 0 Å². The van der Waals surface area contributed by atoms with Gasteiger partial charge < -0.3 is 10.7 Å². The average Bonchev–Trinajstić information content (AvgIpc) is 2.83. The molecule has 3 nitrogen and oxygen atoms in total. The first-order chi connectivity index (χ1) is 9.17. The quantitative estimate of drug-likeness (QED) is 0.535. The van der Waals surface area contributed by atoms with E-state index >= 15 is 0 Å². The molecule has 3 aromatic rings. The molecule has 0 fully saturated rings. The number of anilines is 1. The molecule has 3 N–H and O–H groups in total. The van der Waals surface area contributed by atoms with Gasteiger partial charge in [0.1, 0.15) is 5.82 Å². The number of fused-ring (bicyclic) bond motifs is 1. The summed E-state index contributed by atoms with van der Waals surface area (Å²) >= 11 is 2.28. The highest BCUT2D eigenvalue weighted by Gasteiger charge is 2.09. The van der Waals surface area contributed by atoms with Gasteiger partial charge in [0.2, 0.25) is 0 Å². The maximum Gasteiger partial charge on any atom is 0.140 e. The molecule has 1 aromatic heterocycles. The number of nitrogens with one attached hydrogen (secondary N) is 1. The number of aromatic nitrogens is 2. The van der Waals surface area contributed by atoms with Crippen molar-refractivity contribution in [3.8, 4) is 11.4 Å². The number of aryl methyl sites for hydroxylation is 1. The van der Waals surface area contributed by atoms with E-state index in [2.05, 4.69) is 57.7 Å². The van der Waals surface area contributed by atoms with Gasteiger partial charge in [0.15, 0.2) is 0 Å². The Kier molecular flexibility index (Phi) is 3.18. The highest BCUT2D eigenvalue weighted by molar-refractivity contribution is 14.1. The van der Waals surface area contributed by atoms with Gasteiger partial charge in [-0.05, 0) is 64.9 Å². The monoisotopic (exact) mass is 363 g/mol. The van der Waals surface area contributed by atoms with Crippen LogP contribution in [0.25, 0.3) is 22.4 Å². The van der Waals surface area contributed by atoms with Crippen molar-refractivity contribution >= 4 is 39.3 Å². The van der Waals surface area contributed by atoms with Crippen molar-refractivity contribution in [1.82, 2.24) is 9.97 Å². The molecule has 0 atom stereocenters. The molecule has 3 rings (SSSR count). The SMILES string of the molecule is CCc1ccc2nc(-c3cc(I)ccc3N)[nH]c2c1. The van der Waals surface area contributed by atoms with Crippen LogP contribution in [0, 0.1) is 3.57 Å². The number of nitrogens with zero attached hydrogens (tertiary/aromatic N) is 1. The zero-order valence-corrected chi connectivity index (χ0v) is 12.7. The van der Waals surface area contributed by atoms with E-state index in [4.69, 9.17) is 5.73 Å². The number of rotatable bonds is 2. The Morgan fingerprint density at radius 2 is 2.05 bits per heavy atom. The van der Waals surface area contributed by atoms with Crippen molar-refractivity contribution in [1.29, 1.82) is 0 Å². The first kappa shape index (κ1) is 12.5. The summed E-state index contributed by atoms with van der Waals surface area (Å²) in [5.41, 5.74) is 11.1. The van der Waals surface area contributed by atoms with Crippen molar-refractivity contribution in [2.24, 2.45) is 0 Å². The summed E-state index contributed by atoms with van der Waals surface area (Å²) < 4.78 is 1.15. The van der Waals surface area contributed by atoms with Gasteiger partial charge in [-0.15, -0.1) is 0 Å². The lowest BCUT2D eigenvalue weighted by Crippen LogP contribution is -1.91. The minimum absolute atomic E-state index is 0.746. The summed E-state index contributed by atoms with van der Waals surface area (Å²) in [6.07, 6.45) is 1.02. The first-order valence-electron chi connectivity index (χ1n) is 6.21. The highest BCUT2D eigenvalue weighted by Crippen LogP contribution is 2.27. The van der Waals surface area contributed by atoms with Gasteiger partial charge in [0, 0.05) is 14.8 Å². The van der Waals surface area contributed by atoms with Crippen LogP contribution in [0.5, 0.6) is 0 Å². The van der Waals surface area contributed by atoms with Gasteiger partial charge in [-0.3, -0.25) is 0 Å². The second-order valence-electron chi connectivity index (χ2n) is 4.52. The Hall–Kier alpha value is -1.56. The maximum atomic E-state index is 6.04. The summed E-state index contributed by atoms with van der Waals surface area (Å²) in [4.78, 5) is 7.98. The van der Waals surface area contributed by atoms with Crippen LogP contribution in [0.15, 0.2) is 36.4 Å². The average molecular weight is 363 g/mol. The normalized spacial score (nSPS) is 11.1. The molecule has 0 saturated carbocycles. The molecular weight excluding hydrogens is 349 g/mol. The predicted octanol–water partition coefficient (Wildman–Crippen LogP) is 3.98. The van der Waals surface area contributed by atoms with E-state index in [-0.39, 0.29) is 0 Å². The summed E-state index contributed by atoms with van der Waals surface area (Å²) in [6.45, 7) is 2.15. The zero-order chi connectivity index (χ0) is 13.4. The number of halogens is 1. The van der Waals surface area contributed by atoms with Crippen LogP contribution in [-0.4, -0.2) is 9.97 Å². The van der Waals surface area contributed by atoms with Gasteiger partial charge in [0.05, 0.1) is 11.0 Å². The fraction of sp³-hybridized carbons (Fsp3) is 0.133. The molecule has 4 heteroatoms. The topological polar surface area (TPSA) is 54.7 Å². The van der Waals surface area contributed by atoms with E-state index in [1.54, 1.807) is 0 Å². The van der Waals surface area contributed by atoms with Gasteiger partial charge in [-0.2, -0.15) is 0 Å². The number of imidazole rings is 1. The van der Waals surface area contributed by atoms with E-state index in [1.807, 2.05) is 18.2 Å². The number of nitrogens with two attached hydrogens (primary N) is 1. The van der Waals surface area contributed by atoms with Gasteiger partial charge >= 0.3 is 0 Å². The summed E-state index contributed by atoms with van der Waals surface area (Å²) in [5.74, 6) is 0.833. The molecule has 96 valence electrons. The summed E-state index contributed by atoms with van der Waals surface area (Å²) in [7, 11) is 0. The Morgan fingerprint density at radius 1 is 1.21 bits per heavy atom. The Bertz CT molecular complexity index is 746. The number of H-pyrrole nitrogens is 1. The largest absolute Gasteiger partial charge is 0.398 e. The molecule has 0 amide bonds. The minimum Gasteiger partial charge on any atom is -0.398 e. The molecule has 2 aromatic carbocycles. The Labute approximate surface area is 125 Å². The van der Waals surface area contributed by atoms with Crippen molar-refractivity contribution in [2.75, 3.05) is 5.73 Å². The summed E-state index contributed by atoms with van der Waals surface area (Å²) in [6, 6.07) is 12.3. The van der Waals surface area contributed by atoms with Crippen LogP contribution in [0.2, 0.25) is 0 Å². The van der Waals surface area contributed by atoms with Crippen molar-refractivity contribution in [3.63, 3.8) is 0 Å². The molecule has 0 bridgehead atoms. The molecule has 1 heterocycles. The zero-order valence-electron chi connectivity index (χ0n) is 10.6. The molecule has 19 heavy (non-hydrogen) atoms. The van der Waals surface area contributed by atoms with Crippen LogP contribution < -0.4 is 5.73 Å². The second-order valence-corrected chi connectivity index (χ2v) is 5.77. The van der Waals surface area contributed by atoms with Crippen LogP contribution in [0.4, 0.5) is 5.69 Å².